The molecule has 0 N–H and O–H groups in total. The lowest BCUT2D eigenvalue weighted by Gasteiger charge is -2.26. The molecule has 1 aromatic carbocycles. The molecule has 2 aliphatic heterocycles. The summed E-state index contributed by atoms with van der Waals surface area (Å²) < 4.78 is 5.98. The molecular weight excluding hydrogens is 320 g/mol. The Hall–Kier alpha value is -1.72. The average Bonchev–Trinajstić information content (AvgIpc) is 3.24. The normalized spacial score (nSPS) is 24.5. The van der Waals surface area contributed by atoms with E-state index in [1.165, 1.54) is 0 Å². The van der Waals surface area contributed by atoms with Crippen molar-refractivity contribution in [1.29, 1.82) is 0 Å². The Bertz CT molecular complexity index is 707. The van der Waals surface area contributed by atoms with Crippen LogP contribution in [0.3, 0.4) is 0 Å². The Morgan fingerprint density at radius 2 is 2.08 bits per heavy atom. The minimum Gasteiger partial charge on any atom is -0.375 e. The molecule has 2 saturated heterocycles. The number of carbonyl (C=O) groups excluding carboxylic acids is 1. The van der Waals surface area contributed by atoms with E-state index in [-0.39, 0.29) is 11.5 Å². The summed E-state index contributed by atoms with van der Waals surface area (Å²) in [5.74, 6) is 0.233. The lowest BCUT2D eigenvalue weighted by Crippen LogP contribution is -2.32. The van der Waals surface area contributed by atoms with Gasteiger partial charge in [-0.1, -0.05) is 30.3 Å². The summed E-state index contributed by atoms with van der Waals surface area (Å²) in [7, 11) is 0. The van der Waals surface area contributed by atoms with Crippen molar-refractivity contribution in [3.8, 4) is 10.6 Å². The lowest BCUT2D eigenvalue weighted by molar-refractivity contribution is -0.131. The first kappa shape index (κ1) is 15.8. The predicted molar refractivity (Wildman–Crippen MR) is 94.7 cm³/mol. The van der Waals surface area contributed by atoms with Gasteiger partial charge in [0.1, 0.15) is 5.01 Å². The third kappa shape index (κ3) is 3.23. The molecule has 2 aliphatic rings. The molecule has 24 heavy (non-hydrogen) atoms. The highest BCUT2D eigenvalue weighted by atomic mass is 32.1. The number of likely N-dealkylation sites (tertiary alicyclic amines) is 1. The smallest absolute Gasteiger partial charge is 0.223 e. The van der Waals surface area contributed by atoms with Crippen molar-refractivity contribution in [1.82, 2.24) is 9.88 Å². The maximum atomic E-state index is 12.5. The zero-order valence-electron chi connectivity index (χ0n) is 13.7. The Labute approximate surface area is 146 Å². The molecule has 1 aromatic heterocycles. The van der Waals surface area contributed by atoms with Crippen LogP contribution >= 0.6 is 11.3 Å². The van der Waals surface area contributed by atoms with Gasteiger partial charge in [-0.25, -0.2) is 4.98 Å². The largest absolute Gasteiger partial charge is 0.375 e. The molecule has 1 amide bonds. The van der Waals surface area contributed by atoms with Crippen LogP contribution in [0.1, 0.15) is 37.8 Å². The topological polar surface area (TPSA) is 42.4 Å². The molecule has 2 aromatic rings. The number of aromatic nitrogens is 1. The lowest BCUT2D eigenvalue weighted by atomic mass is 9.92. The minimum absolute atomic E-state index is 0.0400. The Morgan fingerprint density at radius 1 is 1.21 bits per heavy atom. The van der Waals surface area contributed by atoms with Crippen LogP contribution in [0.15, 0.2) is 35.7 Å². The van der Waals surface area contributed by atoms with Gasteiger partial charge in [0, 0.05) is 30.5 Å². The number of thiazole rings is 1. The van der Waals surface area contributed by atoms with Gasteiger partial charge < -0.3 is 9.64 Å². The van der Waals surface area contributed by atoms with Gasteiger partial charge in [-0.05, 0) is 25.7 Å². The second-order valence-corrected chi connectivity index (χ2v) is 7.57. The molecule has 0 saturated carbocycles. The predicted octanol–water partition coefficient (Wildman–Crippen LogP) is 3.87. The number of ether oxygens (including phenoxy) is 1. The first-order chi connectivity index (χ1) is 11.7. The van der Waals surface area contributed by atoms with Gasteiger partial charge >= 0.3 is 0 Å². The summed E-state index contributed by atoms with van der Waals surface area (Å²) >= 11 is 1.64. The Morgan fingerprint density at radius 3 is 2.88 bits per heavy atom. The fourth-order valence-electron chi connectivity index (χ4n) is 3.69. The fraction of sp³-hybridized carbons (Fsp3) is 0.474. The van der Waals surface area contributed by atoms with Crippen molar-refractivity contribution in [2.75, 3.05) is 13.2 Å². The molecule has 1 atom stereocenters. The Balaban J connectivity index is 1.45. The molecule has 0 aliphatic carbocycles. The van der Waals surface area contributed by atoms with Gasteiger partial charge in [0.05, 0.1) is 17.8 Å². The average molecular weight is 342 g/mol. The number of amides is 1. The van der Waals surface area contributed by atoms with Gasteiger partial charge in [-0.3, -0.25) is 4.79 Å². The SMILES string of the molecule is O=C1CC[C@]2(CCCO2)CCN1Cc1csc(-c2ccccc2)n1. The van der Waals surface area contributed by atoms with Crippen molar-refractivity contribution in [2.45, 2.75) is 44.2 Å². The summed E-state index contributed by atoms with van der Waals surface area (Å²) in [4.78, 5) is 19.2. The van der Waals surface area contributed by atoms with Crippen LogP contribution in [0.5, 0.6) is 0 Å². The standard InChI is InChI=1S/C19H22N2O2S/c22-17-7-9-19(8-4-12-23-19)10-11-21(17)13-16-14-24-18(20-16)15-5-2-1-3-6-15/h1-3,5-6,14H,4,7-13H2/t19-/m1/s1. The second-order valence-electron chi connectivity index (χ2n) is 6.71. The molecule has 5 heteroatoms. The van der Waals surface area contributed by atoms with Gasteiger partial charge in [0.2, 0.25) is 5.91 Å². The van der Waals surface area contributed by atoms with Crippen LogP contribution in [0.4, 0.5) is 0 Å². The van der Waals surface area contributed by atoms with Gasteiger partial charge in [0.25, 0.3) is 0 Å². The maximum Gasteiger partial charge on any atom is 0.223 e. The van der Waals surface area contributed by atoms with E-state index in [2.05, 4.69) is 17.5 Å². The Kier molecular flexibility index (Phi) is 4.37. The van der Waals surface area contributed by atoms with Crippen LogP contribution < -0.4 is 0 Å². The van der Waals surface area contributed by atoms with Crippen LogP contribution in [-0.4, -0.2) is 34.5 Å². The van der Waals surface area contributed by atoms with Crippen molar-refractivity contribution in [2.24, 2.45) is 0 Å². The quantitative estimate of drug-likeness (QED) is 0.850. The van der Waals surface area contributed by atoms with E-state index in [1.807, 2.05) is 23.1 Å². The molecular formula is C19H22N2O2S. The van der Waals surface area contributed by atoms with Gasteiger partial charge in [0.15, 0.2) is 0 Å². The molecule has 0 unspecified atom stereocenters. The maximum absolute atomic E-state index is 12.5. The number of benzene rings is 1. The molecule has 3 heterocycles. The molecule has 4 nitrogen and oxygen atoms in total. The van der Waals surface area contributed by atoms with Crippen LogP contribution in [0.2, 0.25) is 0 Å². The summed E-state index contributed by atoms with van der Waals surface area (Å²) in [5.41, 5.74) is 2.08. The highest BCUT2D eigenvalue weighted by molar-refractivity contribution is 7.13. The summed E-state index contributed by atoms with van der Waals surface area (Å²) in [6.07, 6.45) is 4.64. The van der Waals surface area contributed by atoms with Gasteiger partial charge in [-0.15, -0.1) is 11.3 Å². The monoisotopic (exact) mass is 342 g/mol. The van der Waals surface area contributed by atoms with E-state index in [9.17, 15) is 4.79 Å². The van der Waals surface area contributed by atoms with Crippen molar-refractivity contribution < 1.29 is 9.53 Å². The highest BCUT2D eigenvalue weighted by Crippen LogP contribution is 2.36. The highest BCUT2D eigenvalue weighted by Gasteiger charge is 2.38. The second kappa shape index (κ2) is 6.65. The third-order valence-electron chi connectivity index (χ3n) is 5.09. The molecule has 126 valence electrons. The van der Waals surface area contributed by atoms with Crippen LogP contribution in [0, 0.1) is 0 Å². The number of carbonyl (C=O) groups is 1. The van der Waals surface area contributed by atoms with E-state index in [1.54, 1.807) is 11.3 Å². The number of rotatable bonds is 3. The fourth-order valence-corrected chi connectivity index (χ4v) is 4.50. The molecule has 4 rings (SSSR count). The van der Waals surface area contributed by atoms with Crippen molar-refractivity contribution >= 4 is 17.2 Å². The van der Waals surface area contributed by atoms with E-state index >= 15 is 0 Å². The zero-order valence-corrected chi connectivity index (χ0v) is 14.6. The zero-order chi connectivity index (χ0) is 16.4. The van der Waals surface area contributed by atoms with Crippen LogP contribution in [-0.2, 0) is 16.1 Å². The van der Waals surface area contributed by atoms with Crippen LogP contribution in [0.25, 0.3) is 10.6 Å². The third-order valence-corrected chi connectivity index (χ3v) is 6.04. The van der Waals surface area contributed by atoms with Crippen molar-refractivity contribution in [3.05, 3.63) is 41.4 Å². The molecule has 0 bridgehead atoms. The summed E-state index contributed by atoms with van der Waals surface area (Å²) in [6.45, 7) is 2.23. The van der Waals surface area contributed by atoms with E-state index in [0.717, 1.165) is 55.1 Å². The summed E-state index contributed by atoms with van der Waals surface area (Å²) in [5, 5.41) is 3.09. The van der Waals surface area contributed by atoms with Gasteiger partial charge in [-0.2, -0.15) is 0 Å². The molecule has 1 spiro atoms. The number of hydrogen-bond acceptors (Lipinski definition) is 4. The first-order valence-electron chi connectivity index (χ1n) is 8.66. The first-order valence-corrected chi connectivity index (χ1v) is 9.54. The van der Waals surface area contributed by atoms with Crippen molar-refractivity contribution in [3.63, 3.8) is 0 Å². The van der Waals surface area contributed by atoms with E-state index in [0.29, 0.717) is 13.0 Å². The minimum atomic E-state index is -0.0400. The van der Waals surface area contributed by atoms with E-state index < -0.39 is 0 Å². The summed E-state index contributed by atoms with van der Waals surface area (Å²) in [6, 6.07) is 10.2. The number of nitrogens with zero attached hydrogens (tertiary/aromatic N) is 2. The number of hydrogen-bond donors (Lipinski definition) is 0. The van der Waals surface area contributed by atoms with E-state index in [4.69, 9.17) is 9.72 Å². The molecule has 2 fully saturated rings. The molecule has 0 radical (unpaired) electrons.